The van der Waals surface area contributed by atoms with E-state index in [-0.39, 0.29) is 0 Å². The van der Waals surface area contributed by atoms with Crippen molar-refractivity contribution in [1.82, 2.24) is 5.43 Å². The zero-order valence-corrected chi connectivity index (χ0v) is 11.3. The number of anilines is 2. The molecular weight excluding hydrogens is 285 g/mol. The maximum Gasteiger partial charge on any atom is 0.337 e. The molecule has 0 radical (unpaired) electrons. The van der Waals surface area contributed by atoms with Crippen LogP contribution in [-0.4, -0.2) is 6.03 Å². The maximum absolute atomic E-state index is 11.7. The average Bonchev–Trinajstić information content (AvgIpc) is 2.42. The van der Waals surface area contributed by atoms with Crippen LogP contribution in [-0.2, 0) is 0 Å². The van der Waals surface area contributed by atoms with Crippen LogP contribution < -0.4 is 16.2 Å². The lowest BCUT2D eigenvalue weighted by Crippen LogP contribution is -2.33. The van der Waals surface area contributed by atoms with Crippen molar-refractivity contribution in [3.8, 4) is 0 Å². The molecule has 0 aliphatic rings. The Labute approximate surface area is 120 Å². The summed E-state index contributed by atoms with van der Waals surface area (Å²) in [5, 5.41) is 3.33. The first-order valence-electron chi connectivity index (χ1n) is 5.49. The third-order valence-electron chi connectivity index (χ3n) is 2.30. The zero-order chi connectivity index (χ0) is 13.7. The van der Waals surface area contributed by atoms with Crippen molar-refractivity contribution in [2.24, 2.45) is 0 Å². The predicted octanol–water partition coefficient (Wildman–Crippen LogP) is 4.14. The Kier molecular flexibility index (Phi) is 4.49. The smallest absolute Gasteiger partial charge is 0.304 e. The van der Waals surface area contributed by atoms with Crippen molar-refractivity contribution in [2.75, 3.05) is 10.7 Å². The van der Waals surface area contributed by atoms with Crippen LogP contribution in [0.25, 0.3) is 0 Å². The molecule has 3 N–H and O–H groups in total. The van der Waals surface area contributed by atoms with Crippen LogP contribution in [0.15, 0.2) is 48.5 Å². The van der Waals surface area contributed by atoms with Crippen molar-refractivity contribution < 1.29 is 4.79 Å². The van der Waals surface area contributed by atoms with Gasteiger partial charge in [-0.1, -0.05) is 47.5 Å². The summed E-state index contributed by atoms with van der Waals surface area (Å²) in [6, 6.07) is 13.8. The first-order chi connectivity index (χ1) is 9.16. The molecular formula is C13H11Cl2N3O. The zero-order valence-electron chi connectivity index (χ0n) is 9.78. The molecule has 98 valence electrons. The molecule has 0 fully saturated rings. The van der Waals surface area contributed by atoms with Crippen molar-refractivity contribution in [2.45, 2.75) is 0 Å². The van der Waals surface area contributed by atoms with E-state index in [0.29, 0.717) is 15.7 Å². The summed E-state index contributed by atoms with van der Waals surface area (Å²) in [7, 11) is 0. The number of hydrogen-bond acceptors (Lipinski definition) is 2. The van der Waals surface area contributed by atoms with E-state index in [9.17, 15) is 4.79 Å². The Bertz CT molecular complexity index is 555. The average molecular weight is 296 g/mol. The minimum absolute atomic E-state index is 0.373. The number of rotatable bonds is 3. The highest BCUT2D eigenvalue weighted by atomic mass is 35.5. The lowest BCUT2D eigenvalue weighted by molar-refractivity contribution is 0.254. The van der Waals surface area contributed by atoms with E-state index in [0.717, 1.165) is 5.69 Å². The molecule has 0 spiro atoms. The fourth-order valence-electron chi connectivity index (χ4n) is 1.41. The van der Waals surface area contributed by atoms with Gasteiger partial charge in [0, 0.05) is 0 Å². The molecule has 0 saturated heterocycles. The van der Waals surface area contributed by atoms with Crippen LogP contribution in [0.5, 0.6) is 0 Å². The van der Waals surface area contributed by atoms with Gasteiger partial charge in [0.1, 0.15) is 0 Å². The second kappa shape index (κ2) is 6.31. The molecule has 0 aliphatic carbocycles. The number of hydrazine groups is 1. The lowest BCUT2D eigenvalue weighted by Gasteiger charge is -2.11. The molecule has 2 amide bonds. The van der Waals surface area contributed by atoms with Gasteiger partial charge < -0.3 is 5.32 Å². The first kappa shape index (κ1) is 13.5. The number of carbonyl (C=O) groups is 1. The third-order valence-corrected chi connectivity index (χ3v) is 2.93. The van der Waals surface area contributed by atoms with E-state index < -0.39 is 6.03 Å². The fraction of sp³-hybridized carbons (Fsp3) is 0. The number of urea groups is 1. The summed E-state index contributed by atoms with van der Waals surface area (Å²) in [4.78, 5) is 11.7. The van der Waals surface area contributed by atoms with Gasteiger partial charge in [-0.25, -0.2) is 4.79 Å². The van der Waals surface area contributed by atoms with Gasteiger partial charge in [0.05, 0.1) is 21.4 Å². The number of nitrogens with one attached hydrogen (secondary N) is 3. The lowest BCUT2D eigenvalue weighted by atomic mass is 10.3. The molecule has 2 aromatic rings. The molecule has 0 heterocycles. The summed E-state index contributed by atoms with van der Waals surface area (Å²) in [5.74, 6) is 0. The molecule has 19 heavy (non-hydrogen) atoms. The number of para-hydroxylation sites is 2. The summed E-state index contributed by atoms with van der Waals surface area (Å²) >= 11 is 11.9. The number of amides is 2. The minimum Gasteiger partial charge on any atom is -0.304 e. The van der Waals surface area contributed by atoms with Crippen molar-refractivity contribution in [3.63, 3.8) is 0 Å². The van der Waals surface area contributed by atoms with Crippen molar-refractivity contribution in [3.05, 3.63) is 58.6 Å². The SMILES string of the molecule is O=C(NNc1ccccc1)Nc1c(Cl)cccc1Cl. The second-order valence-electron chi connectivity index (χ2n) is 3.67. The molecule has 0 unspecified atom stereocenters. The van der Waals surface area contributed by atoms with E-state index in [1.807, 2.05) is 30.3 Å². The van der Waals surface area contributed by atoms with Gasteiger partial charge in [-0.3, -0.25) is 10.9 Å². The van der Waals surface area contributed by atoms with Gasteiger partial charge in [0.2, 0.25) is 0 Å². The van der Waals surface area contributed by atoms with Crippen LogP contribution in [0.1, 0.15) is 0 Å². The monoisotopic (exact) mass is 295 g/mol. The highest BCUT2D eigenvalue weighted by molar-refractivity contribution is 6.39. The fourth-order valence-corrected chi connectivity index (χ4v) is 1.90. The van der Waals surface area contributed by atoms with Crippen LogP contribution in [0.2, 0.25) is 10.0 Å². The molecule has 0 aromatic heterocycles. The summed E-state index contributed by atoms with van der Waals surface area (Å²) < 4.78 is 0. The van der Waals surface area contributed by atoms with Gasteiger partial charge in [-0.05, 0) is 24.3 Å². The van der Waals surface area contributed by atoms with Crippen LogP contribution >= 0.6 is 23.2 Å². The number of carbonyl (C=O) groups excluding carboxylic acids is 1. The highest BCUT2D eigenvalue weighted by Crippen LogP contribution is 2.29. The Hall–Kier alpha value is -1.91. The van der Waals surface area contributed by atoms with E-state index in [4.69, 9.17) is 23.2 Å². The first-order valence-corrected chi connectivity index (χ1v) is 6.24. The molecule has 2 rings (SSSR count). The molecule has 0 saturated carbocycles. The molecule has 0 atom stereocenters. The largest absolute Gasteiger partial charge is 0.337 e. The Morgan fingerprint density at radius 3 is 2.16 bits per heavy atom. The number of benzene rings is 2. The number of halogens is 2. The van der Waals surface area contributed by atoms with E-state index in [1.54, 1.807) is 18.2 Å². The van der Waals surface area contributed by atoms with Crippen LogP contribution in [0.4, 0.5) is 16.2 Å². The van der Waals surface area contributed by atoms with Gasteiger partial charge in [0.25, 0.3) is 0 Å². The van der Waals surface area contributed by atoms with Crippen molar-refractivity contribution >= 4 is 40.6 Å². The second-order valence-corrected chi connectivity index (χ2v) is 4.48. The summed E-state index contributed by atoms with van der Waals surface area (Å²) in [6.45, 7) is 0. The van der Waals surface area contributed by atoms with Gasteiger partial charge >= 0.3 is 6.03 Å². The summed E-state index contributed by atoms with van der Waals surface area (Å²) in [6.07, 6.45) is 0. The van der Waals surface area contributed by atoms with E-state index in [2.05, 4.69) is 16.2 Å². The standard InChI is InChI=1S/C13H11Cl2N3O/c14-10-7-4-8-11(15)12(10)16-13(19)18-17-9-5-2-1-3-6-9/h1-8,17H,(H2,16,18,19). The highest BCUT2D eigenvalue weighted by Gasteiger charge is 2.08. The molecule has 4 nitrogen and oxygen atoms in total. The normalized spacial score (nSPS) is 9.79. The minimum atomic E-state index is -0.459. The maximum atomic E-state index is 11.7. The van der Waals surface area contributed by atoms with Gasteiger partial charge in [-0.15, -0.1) is 0 Å². The Balaban J connectivity index is 1.95. The molecule has 0 bridgehead atoms. The molecule has 2 aromatic carbocycles. The van der Waals surface area contributed by atoms with Crippen molar-refractivity contribution in [1.29, 1.82) is 0 Å². The van der Waals surface area contributed by atoms with E-state index >= 15 is 0 Å². The predicted molar refractivity (Wildman–Crippen MR) is 78.7 cm³/mol. The summed E-state index contributed by atoms with van der Waals surface area (Å²) in [5.41, 5.74) is 6.38. The topological polar surface area (TPSA) is 53.2 Å². The quantitative estimate of drug-likeness (QED) is 0.745. The Morgan fingerprint density at radius 2 is 1.53 bits per heavy atom. The molecule has 0 aliphatic heterocycles. The van der Waals surface area contributed by atoms with Gasteiger partial charge in [0.15, 0.2) is 0 Å². The van der Waals surface area contributed by atoms with E-state index in [1.165, 1.54) is 0 Å². The number of hydrogen-bond donors (Lipinski definition) is 3. The third kappa shape index (κ3) is 3.77. The Morgan fingerprint density at radius 1 is 0.895 bits per heavy atom. The molecule has 6 heteroatoms. The van der Waals surface area contributed by atoms with Gasteiger partial charge in [-0.2, -0.15) is 0 Å². The van der Waals surface area contributed by atoms with Crippen LogP contribution in [0, 0.1) is 0 Å². The van der Waals surface area contributed by atoms with Crippen LogP contribution in [0.3, 0.4) is 0 Å².